The zero-order valence-corrected chi connectivity index (χ0v) is 19.0. The van der Waals surface area contributed by atoms with Crippen LogP contribution >= 0.6 is 0 Å². The van der Waals surface area contributed by atoms with Gasteiger partial charge in [0.15, 0.2) is 0 Å². The zero-order valence-electron chi connectivity index (χ0n) is 19.0. The van der Waals surface area contributed by atoms with Crippen molar-refractivity contribution in [3.63, 3.8) is 0 Å². The van der Waals surface area contributed by atoms with Gasteiger partial charge in [0, 0.05) is 30.3 Å². The van der Waals surface area contributed by atoms with E-state index in [0.717, 1.165) is 30.4 Å². The molecule has 2 aromatic rings. The van der Waals surface area contributed by atoms with Gasteiger partial charge in [-0.05, 0) is 62.9 Å². The molecule has 0 radical (unpaired) electrons. The van der Waals surface area contributed by atoms with Gasteiger partial charge in [-0.1, -0.05) is 36.2 Å². The summed E-state index contributed by atoms with van der Waals surface area (Å²) in [5.74, 6) is -0.448. The van der Waals surface area contributed by atoms with E-state index in [-0.39, 0.29) is 36.1 Å². The summed E-state index contributed by atoms with van der Waals surface area (Å²) in [7, 11) is 0. The van der Waals surface area contributed by atoms with Gasteiger partial charge in [0.05, 0.1) is 12.0 Å². The smallest absolute Gasteiger partial charge is 0.227 e. The molecular weight excluding hydrogens is 402 g/mol. The SMILES string of the molecule is Cc1ccc(C(C)NC(=O)C2CC(=O)N(c3cccc(NC(=O)C4CCC4)c3)C2)c(C)c1. The molecule has 0 spiro atoms. The van der Waals surface area contributed by atoms with Crippen molar-refractivity contribution in [2.45, 2.75) is 52.5 Å². The Balaban J connectivity index is 1.39. The van der Waals surface area contributed by atoms with Crippen molar-refractivity contribution in [2.75, 3.05) is 16.8 Å². The van der Waals surface area contributed by atoms with Gasteiger partial charge in [0.1, 0.15) is 0 Å². The number of rotatable bonds is 6. The normalized spacial score (nSPS) is 19.4. The molecule has 2 N–H and O–H groups in total. The van der Waals surface area contributed by atoms with Gasteiger partial charge in [0.2, 0.25) is 17.7 Å². The van der Waals surface area contributed by atoms with E-state index in [1.165, 1.54) is 5.56 Å². The quantitative estimate of drug-likeness (QED) is 0.714. The third-order valence-corrected chi connectivity index (χ3v) is 6.65. The first-order chi connectivity index (χ1) is 15.3. The number of aryl methyl sites for hydroxylation is 2. The van der Waals surface area contributed by atoms with E-state index in [2.05, 4.69) is 16.7 Å². The molecule has 0 bridgehead atoms. The van der Waals surface area contributed by atoms with Crippen LogP contribution in [0.1, 0.15) is 55.3 Å². The van der Waals surface area contributed by atoms with E-state index in [1.807, 2.05) is 57.2 Å². The lowest BCUT2D eigenvalue weighted by atomic mass is 9.85. The molecule has 2 fully saturated rings. The van der Waals surface area contributed by atoms with Crippen LogP contribution in [-0.2, 0) is 14.4 Å². The average Bonchev–Trinajstić information content (AvgIpc) is 3.08. The minimum absolute atomic E-state index is 0.0405. The molecule has 2 unspecified atom stereocenters. The number of nitrogens with zero attached hydrogens (tertiary/aromatic N) is 1. The Labute approximate surface area is 189 Å². The summed E-state index contributed by atoms with van der Waals surface area (Å²) in [5.41, 5.74) is 4.80. The van der Waals surface area contributed by atoms with Crippen LogP contribution < -0.4 is 15.5 Å². The Kier molecular flexibility index (Phi) is 6.31. The predicted octanol–water partition coefficient (Wildman–Crippen LogP) is 4.27. The number of carbonyl (C=O) groups is 3. The Morgan fingerprint density at radius 1 is 1.03 bits per heavy atom. The molecule has 1 saturated carbocycles. The monoisotopic (exact) mass is 433 g/mol. The summed E-state index contributed by atoms with van der Waals surface area (Å²) in [6, 6.07) is 13.4. The van der Waals surface area contributed by atoms with Crippen molar-refractivity contribution in [1.82, 2.24) is 5.32 Å². The Morgan fingerprint density at radius 2 is 1.81 bits per heavy atom. The number of carbonyl (C=O) groups excluding carboxylic acids is 3. The standard InChI is InChI=1S/C26H31N3O3/c1-16-10-11-23(17(2)12-16)18(3)27-26(32)20-13-24(30)29(15-20)22-9-5-8-21(14-22)28-25(31)19-6-4-7-19/h5,8-12,14,18-20H,4,6-7,13,15H2,1-3H3,(H,27,32)(H,28,31). The minimum Gasteiger partial charge on any atom is -0.349 e. The third kappa shape index (κ3) is 4.69. The fourth-order valence-electron chi connectivity index (χ4n) is 4.52. The third-order valence-electron chi connectivity index (χ3n) is 6.65. The molecule has 2 atom stereocenters. The van der Waals surface area contributed by atoms with Crippen LogP contribution in [0.25, 0.3) is 0 Å². The molecule has 2 aromatic carbocycles. The second-order valence-corrected chi connectivity index (χ2v) is 9.16. The van der Waals surface area contributed by atoms with Crippen LogP contribution in [0.4, 0.5) is 11.4 Å². The van der Waals surface area contributed by atoms with E-state index < -0.39 is 5.92 Å². The maximum Gasteiger partial charge on any atom is 0.227 e. The fraction of sp³-hybridized carbons (Fsp3) is 0.423. The number of amides is 3. The average molecular weight is 434 g/mol. The van der Waals surface area contributed by atoms with Crippen molar-refractivity contribution < 1.29 is 14.4 Å². The Hall–Kier alpha value is -3.15. The number of hydrogen-bond acceptors (Lipinski definition) is 3. The van der Waals surface area contributed by atoms with Crippen LogP contribution in [0.2, 0.25) is 0 Å². The summed E-state index contributed by atoms with van der Waals surface area (Å²) < 4.78 is 0. The number of hydrogen-bond donors (Lipinski definition) is 2. The molecule has 6 nitrogen and oxygen atoms in total. The van der Waals surface area contributed by atoms with Crippen molar-refractivity contribution >= 4 is 29.1 Å². The first kappa shape index (κ1) is 22.1. The van der Waals surface area contributed by atoms with E-state index in [1.54, 1.807) is 4.90 Å². The van der Waals surface area contributed by atoms with Gasteiger partial charge < -0.3 is 15.5 Å². The Morgan fingerprint density at radius 3 is 2.50 bits per heavy atom. The molecular formula is C26H31N3O3. The summed E-state index contributed by atoms with van der Waals surface area (Å²) in [6.45, 7) is 6.40. The predicted molar refractivity (Wildman–Crippen MR) is 125 cm³/mol. The minimum atomic E-state index is -0.399. The lowest BCUT2D eigenvalue weighted by Gasteiger charge is -2.24. The molecule has 6 heteroatoms. The molecule has 3 amide bonds. The van der Waals surface area contributed by atoms with Crippen LogP contribution in [-0.4, -0.2) is 24.3 Å². The van der Waals surface area contributed by atoms with E-state index in [4.69, 9.17) is 0 Å². The first-order valence-electron chi connectivity index (χ1n) is 11.4. The van der Waals surface area contributed by atoms with Gasteiger partial charge in [-0.2, -0.15) is 0 Å². The van der Waals surface area contributed by atoms with Crippen LogP contribution in [0.3, 0.4) is 0 Å². The molecule has 4 rings (SSSR count). The lowest BCUT2D eigenvalue weighted by Crippen LogP contribution is -2.34. The van der Waals surface area contributed by atoms with Crippen molar-refractivity contribution in [1.29, 1.82) is 0 Å². The van der Waals surface area contributed by atoms with Crippen LogP contribution in [0.15, 0.2) is 42.5 Å². The molecule has 1 saturated heterocycles. The van der Waals surface area contributed by atoms with E-state index in [0.29, 0.717) is 17.9 Å². The summed E-state index contributed by atoms with van der Waals surface area (Å²) >= 11 is 0. The molecule has 168 valence electrons. The number of anilines is 2. The van der Waals surface area contributed by atoms with Crippen molar-refractivity contribution in [2.24, 2.45) is 11.8 Å². The highest BCUT2D eigenvalue weighted by Gasteiger charge is 2.36. The van der Waals surface area contributed by atoms with Crippen molar-refractivity contribution in [3.05, 3.63) is 59.2 Å². The van der Waals surface area contributed by atoms with Gasteiger partial charge in [0.25, 0.3) is 0 Å². The van der Waals surface area contributed by atoms with Gasteiger partial charge >= 0.3 is 0 Å². The van der Waals surface area contributed by atoms with E-state index >= 15 is 0 Å². The maximum absolute atomic E-state index is 12.9. The molecule has 1 aliphatic carbocycles. The highest BCUT2D eigenvalue weighted by Crippen LogP contribution is 2.30. The Bertz CT molecular complexity index is 1040. The van der Waals surface area contributed by atoms with Crippen molar-refractivity contribution in [3.8, 4) is 0 Å². The summed E-state index contributed by atoms with van der Waals surface area (Å²) in [5, 5.41) is 6.03. The maximum atomic E-state index is 12.9. The van der Waals surface area contributed by atoms with Crippen LogP contribution in [0, 0.1) is 25.7 Å². The first-order valence-corrected chi connectivity index (χ1v) is 11.4. The largest absolute Gasteiger partial charge is 0.349 e. The highest BCUT2D eigenvalue weighted by molar-refractivity contribution is 6.01. The van der Waals surface area contributed by atoms with E-state index in [9.17, 15) is 14.4 Å². The van der Waals surface area contributed by atoms with Gasteiger partial charge in [-0.15, -0.1) is 0 Å². The number of benzene rings is 2. The summed E-state index contributed by atoms with van der Waals surface area (Å²) in [4.78, 5) is 39.5. The molecule has 1 heterocycles. The molecule has 0 aromatic heterocycles. The second kappa shape index (κ2) is 9.15. The molecule has 1 aliphatic heterocycles. The van der Waals surface area contributed by atoms with Gasteiger partial charge in [-0.25, -0.2) is 0 Å². The highest BCUT2D eigenvalue weighted by atomic mass is 16.2. The summed E-state index contributed by atoms with van der Waals surface area (Å²) in [6.07, 6.45) is 3.16. The fourth-order valence-corrected chi connectivity index (χ4v) is 4.52. The molecule has 2 aliphatic rings. The number of nitrogens with one attached hydrogen (secondary N) is 2. The second-order valence-electron chi connectivity index (χ2n) is 9.16. The molecule has 32 heavy (non-hydrogen) atoms. The topological polar surface area (TPSA) is 78.5 Å². The lowest BCUT2D eigenvalue weighted by molar-refractivity contribution is -0.126. The van der Waals surface area contributed by atoms with Crippen LogP contribution in [0.5, 0.6) is 0 Å². The van der Waals surface area contributed by atoms with Gasteiger partial charge in [-0.3, -0.25) is 14.4 Å². The zero-order chi connectivity index (χ0) is 22.8.